The van der Waals surface area contributed by atoms with Crippen molar-refractivity contribution in [1.29, 1.82) is 0 Å². The highest BCUT2D eigenvalue weighted by molar-refractivity contribution is 5.37. The molecule has 0 bridgehead atoms. The first-order valence-corrected chi connectivity index (χ1v) is 11.2. The number of hydrogen-bond acceptors (Lipinski definition) is 3. The summed E-state index contributed by atoms with van der Waals surface area (Å²) in [6.07, 6.45) is 3.45. The van der Waals surface area contributed by atoms with E-state index >= 15 is 0 Å². The van der Waals surface area contributed by atoms with E-state index in [1.807, 2.05) is 30.3 Å². The maximum atomic E-state index is 6.12. The molecule has 0 saturated carbocycles. The molecule has 3 heteroatoms. The van der Waals surface area contributed by atoms with Crippen LogP contribution >= 0.6 is 0 Å². The van der Waals surface area contributed by atoms with Gasteiger partial charge in [-0.3, -0.25) is 0 Å². The van der Waals surface area contributed by atoms with Crippen LogP contribution in [0.2, 0.25) is 0 Å². The molecule has 3 nitrogen and oxygen atoms in total. The number of benzene rings is 3. The maximum absolute atomic E-state index is 6.12. The predicted molar refractivity (Wildman–Crippen MR) is 124 cm³/mol. The molecule has 1 saturated heterocycles. The Morgan fingerprint density at radius 3 is 1.93 bits per heavy atom. The van der Waals surface area contributed by atoms with E-state index in [0.29, 0.717) is 0 Å². The Balaban J connectivity index is 1.20. The third-order valence-electron chi connectivity index (χ3n) is 5.89. The van der Waals surface area contributed by atoms with Gasteiger partial charge in [0.2, 0.25) is 0 Å². The zero-order chi connectivity index (χ0) is 20.4. The molecule has 0 atom stereocenters. The van der Waals surface area contributed by atoms with Crippen LogP contribution in [0.4, 0.5) is 0 Å². The van der Waals surface area contributed by atoms with Crippen LogP contribution in [0.3, 0.4) is 0 Å². The van der Waals surface area contributed by atoms with Crippen molar-refractivity contribution >= 4 is 0 Å². The van der Waals surface area contributed by atoms with Crippen molar-refractivity contribution in [2.45, 2.75) is 19.3 Å². The number of piperazine rings is 1. The van der Waals surface area contributed by atoms with Gasteiger partial charge < -0.3 is 14.5 Å². The Hall–Kier alpha value is -2.62. The van der Waals surface area contributed by atoms with Gasteiger partial charge in [0.15, 0.2) is 0 Å². The van der Waals surface area contributed by atoms with E-state index in [1.165, 1.54) is 43.6 Å². The number of aryl methyl sites for hydroxylation is 1. The molecular weight excluding hydrogens is 368 g/mol. The summed E-state index contributed by atoms with van der Waals surface area (Å²) in [7, 11) is 0. The smallest absolute Gasteiger partial charge is 0.130 e. The largest absolute Gasteiger partial charge is 0.457 e. The average Bonchev–Trinajstić information content (AvgIpc) is 2.81. The van der Waals surface area contributed by atoms with Gasteiger partial charge in [0, 0.05) is 32.7 Å². The maximum Gasteiger partial charge on any atom is 0.130 e. The Morgan fingerprint density at radius 2 is 1.20 bits per heavy atom. The fourth-order valence-electron chi connectivity index (χ4n) is 4.09. The van der Waals surface area contributed by atoms with Gasteiger partial charge >= 0.3 is 0 Å². The molecule has 0 N–H and O–H groups in total. The quantitative estimate of drug-likeness (QED) is 0.486. The van der Waals surface area contributed by atoms with Crippen LogP contribution in [0.25, 0.3) is 0 Å². The van der Waals surface area contributed by atoms with E-state index < -0.39 is 0 Å². The van der Waals surface area contributed by atoms with Crippen LogP contribution in [0.5, 0.6) is 11.5 Å². The van der Waals surface area contributed by atoms with E-state index in [9.17, 15) is 0 Å². The Morgan fingerprint density at radius 1 is 0.600 bits per heavy atom. The molecule has 0 unspecified atom stereocenters. The summed E-state index contributed by atoms with van der Waals surface area (Å²) in [6, 6.07) is 29.3. The van der Waals surface area contributed by atoms with Crippen LogP contribution in [-0.4, -0.2) is 49.1 Å². The fourth-order valence-corrected chi connectivity index (χ4v) is 4.09. The zero-order valence-corrected chi connectivity index (χ0v) is 17.7. The van der Waals surface area contributed by atoms with Crippen molar-refractivity contribution < 1.29 is 4.74 Å². The highest BCUT2D eigenvalue weighted by Gasteiger charge is 2.17. The minimum Gasteiger partial charge on any atom is -0.457 e. The molecule has 156 valence electrons. The molecule has 1 fully saturated rings. The summed E-state index contributed by atoms with van der Waals surface area (Å²) >= 11 is 0. The second-order valence-corrected chi connectivity index (χ2v) is 8.05. The highest BCUT2D eigenvalue weighted by atomic mass is 16.5. The van der Waals surface area contributed by atoms with Crippen molar-refractivity contribution in [1.82, 2.24) is 9.80 Å². The van der Waals surface area contributed by atoms with Crippen molar-refractivity contribution in [2.24, 2.45) is 0 Å². The van der Waals surface area contributed by atoms with Crippen LogP contribution in [-0.2, 0) is 12.8 Å². The van der Waals surface area contributed by atoms with E-state index in [4.69, 9.17) is 4.74 Å². The lowest BCUT2D eigenvalue weighted by Crippen LogP contribution is -2.47. The molecule has 0 radical (unpaired) electrons. The normalized spacial score (nSPS) is 15.2. The average molecular weight is 401 g/mol. The summed E-state index contributed by atoms with van der Waals surface area (Å²) in [6.45, 7) is 6.97. The van der Waals surface area contributed by atoms with Crippen molar-refractivity contribution in [2.75, 3.05) is 39.3 Å². The lowest BCUT2D eigenvalue weighted by Gasteiger charge is -2.34. The summed E-state index contributed by atoms with van der Waals surface area (Å²) in [5.41, 5.74) is 2.74. The zero-order valence-electron chi connectivity index (χ0n) is 17.7. The molecule has 4 rings (SSSR count). The van der Waals surface area contributed by atoms with E-state index in [2.05, 4.69) is 64.4 Å². The third kappa shape index (κ3) is 6.19. The van der Waals surface area contributed by atoms with E-state index in [1.54, 1.807) is 0 Å². The lowest BCUT2D eigenvalue weighted by molar-refractivity contribution is 0.132. The molecule has 1 heterocycles. The minimum absolute atomic E-state index is 0.897. The number of hydrogen-bond donors (Lipinski definition) is 0. The minimum atomic E-state index is 0.897. The predicted octanol–water partition coefficient (Wildman–Crippen LogP) is 5.27. The van der Waals surface area contributed by atoms with Crippen LogP contribution in [0.1, 0.15) is 17.5 Å². The first kappa shape index (κ1) is 20.6. The van der Waals surface area contributed by atoms with Crippen molar-refractivity contribution in [3.63, 3.8) is 0 Å². The third-order valence-corrected chi connectivity index (χ3v) is 5.89. The van der Waals surface area contributed by atoms with Gasteiger partial charge in [-0.25, -0.2) is 0 Å². The summed E-state index contributed by atoms with van der Waals surface area (Å²) in [4.78, 5) is 5.21. The number of rotatable bonds is 9. The molecule has 1 aliphatic rings. The van der Waals surface area contributed by atoms with Crippen molar-refractivity contribution in [3.05, 3.63) is 96.1 Å². The topological polar surface area (TPSA) is 15.7 Å². The van der Waals surface area contributed by atoms with Gasteiger partial charge in [-0.05, 0) is 55.1 Å². The molecule has 0 aliphatic carbocycles. The molecule has 3 aromatic carbocycles. The van der Waals surface area contributed by atoms with E-state index in [-0.39, 0.29) is 0 Å². The second-order valence-electron chi connectivity index (χ2n) is 8.05. The second kappa shape index (κ2) is 11.0. The fraction of sp³-hybridized carbons (Fsp3) is 0.333. The standard InChI is InChI=1S/C27H32N2O/c1-3-10-24(11-4-1)12-9-18-28-20-22-29(23-21-28)19-17-25-13-7-8-16-27(25)30-26-14-5-2-6-15-26/h1-8,10-11,13-16H,9,12,17-23H2. The monoisotopic (exact) mass is 400 g/mol. The number of nitrogens with zero attached hydrogens (tertiary/aromatic N) is 2. The molecule has 3 aromatic rings. The molecule has 0 amide bonds. The van der Waals surface area contributed by atoms with Gasteiger partial charge in [0.25, 0.3) is 0 Å². The molecule has 30 heavy (non-hydrogen) atoms. The Bertz CT molecular complexity index is 874. The van der Waals surface area contributed by atoms with Gasteiger partial charge in [0.05, 0.1) is 0 Å². The van der Waals surface area contributed by atoms with Crippen LogP contribution in [0.15, 0.2) is 84.9 Å². The van der Waals surface area contributed by atoms with Gasteiger partial charge in [-0.1, -0.05) is 66.7 Å². The number of para-hydroxylation sites is 2. The van der Waals surface area contributed by atoms with Gasteiger partial charge in [-0.15, -0.1) is 0 Å². The van der Waals surface area contributed by atoms with Crippen molar-refractivity contribution in [3.8, 4) is 11.5 Å². The van der Waals surface area contributed by atoms with E-state index in [0.717, 1.165) is 37.6 Å². The Kier molecular flexibility index (Phi) is 7.54. The molecule has 0 spiro atoms. The summed E-state index contributed by atoms with van der Waals surface area (Å²) in [5, 5.41) is 0. The Labute approximate surface area is 180 Å². The summed E-state index contributed by atoms with van der Waals surface area (Å²) in [5.74, 6) is 1.87. The highest BCUT2D eigenvalue weighted by Crippen LogP contribution is 2.25. The summed E-state index contributed by atoms with van der Waals surface area (Å²) < 4.78 is 6.12. The molecule has 0 aromatic heterocycles. The number of ether oxygens (including phenoxy) is 1. The SMILES string of the molecule is c1ccc(CCCN2CCN(CCc3ccccc3Oc3ccccc3)CC2)cc1. The van der Waals surface area contributed by atoms with Gasteiger partial charge in [0.1, 0.15) is 11.5 Å². The van der Waals surface area contributed by atoms with Gasteiger partial charge in [-0.2, -0.15) is 0 Å². The lowest BCUT2D eigenvalue weighted by atomic mass is 10.1. The first-order chi connectivity index (χ1) is 14.9. The van der Waals surface area contributed by atoms with Crippen LogP contribution < -0.4 is 4.74 Å². The molecule has 1 aliphatic heterocycles. The van der Waals surface area contributed by atoms with Crippen LogP contribution in [0, 0.1) is 0 Å². The first-order valence-electron chi connectivity index (χ1n) is 11.2. The molecular formula is C27H32N2O.